The molecule has 1 N–H and O–H groups in total. The van der Waals surface area contributed by atoms with Gasteiger partial charge < -0.3 is 5.11 Å². The van der Waals surface area contributed by atoms with Gasteiger partial charge in [-0.1, -0.05) is 24.3 Å². The molecule has 1 saturated carbocycles. The summed E-state index contributed by atoms with van der Waals surface area (Å²) in [6.07, 6.45) is 2.07. The van der Waals surface area contributed by atoms with Crippen molar-refractivity contribution in [1.29, 1.82) is 0 Å². The molecule has 1 aromatic carbocycles. The molecule has 0 spiro atoms. The Morgan fingerprint density at radius 2 is 2.23 bits per heavy atom. The number of aliphatic hydroxyl groups is 1. The molecule has 0 aliphatic heterocycles. The van der Waals surface area contributed by atoms with Crippen molar-refractivity contribution in [2.75, 3.05) is 5.88 Å². The van der Waals surface area contributed by atoms with Gasteiger partial charge >= 0.3 is 0 Å². The minimum absolute atomic E-state index is 0.272. The van der Waals surface area contributed by atoms with Crippen LogP contribution in [0.3, 0.4) is 0 Å². The van der Waals surface area contributed by atoms with Gasteiger partial charge in [0.15, 0.2) is 0 Å². The zero-order valence-corrected chi connectivity index (χ0v) is 8.17. The van der Waals surface area contributed by atoms with E-state index in [9.17, 15) is 5.11 Å². The number of alkyl halides is 1. The maximum atomic E-state index is 9.52. The van der Waals surface area contributed by atoms with Gasteiger partial charge in [-0.25, -0.2) is 0 Å². The van der Waals surface area contributed by atoms with Crippen molar-refractivity contribution in [2.24, 2.45) is 0 Å². The summed E-state index contributed by atoms with van der Waals surface area (Å²) in [7, 11) is 0. The molecular formula is C11H13ClO. The van der Waals surface area contributed by atoms with E-state index in [0.29, 0.717) is 0 Å². The third-order valence-corrected chi connectivity index (χ3v) is 2.78. The average Bonchev–Trinajstić information content (AvgIpc) is 3.00. The minimum atomic E-state index is -0.514. The van der Waals surface area contributed by atoms with Crippen LogP contribution in [0.4, 0.5) is 0 Å². The van der Waals surface area contributed by atoms with Crippen LogP contribution in [-0.4, -0.2) is 11.0 Å². The Labute approximate surface area is 83.3 Å². The Morgan fingerprint density at radius 1 is 1.46 bits per heavy atom. The molecule has 1 unspecified atom stereocenters. The zero-order valence-electron chi connectivity index (χ0n) is 7.41. The van der Waals surface area contributed by atoms with Gasteiger partial charge in [-0.2, -0.15) is 0 Å². The van der Waals surface area contributed by atoms with E-state index in [1.54, 1.807) is 0 Å². The fraction of sp³-hybridized carbons (Fsp3) is 0.455. The number of hydrogen-bond donors (Lipinski definition) is 1. The Balaban J connectivity index is 2.21. The van der Waals surface area contributed by atoms with E-state index >= 15 is 0 Å². The van der Waals surface area contributed by atoms with Gasteiger partial charge in [0.1, 0.15) is 0 Å². The van der Waals surface area contributed by atoms with E-state index in [2.05, 4.69) is 12.1 Å². The molecule has 0 bridgehead atoms. The molecule has 1 nitrogen and oxygen atoms in total. The monoisotopic (exact) mass is 196 g/mol. The van der Waals surface area contributed by atoms with Gasteiger partial charge in [-0.3, -0.25) is 0 Å². The molecule has 1 fully saturated rings. The highest BCUT2D eigenvalue weighted by Gasteiger charge is 2.23. The molecule has 1 aliphatic rings. The fourth-order valence-corrected chi connectivity index (χ4v) is 1.70. The van der Waals surface area contributed by atoms with Gasteiger partial charge in [0.25, 0.3) is 0 Å². The van der Waals surface area contributed by atoms with Gasteiger partial charge in [0.05, 0.1) is 12.0 Å². The van der Waals surface area contributed by atoms with Crippen molar-refractivity contribution in [3.05, 3.63) is 35.4 Å². The van der Waals surface area contributed by atoms with Crippen molar-refractivity contribution in [1.82, 2.24) is 0 Å². The van der Waals surface area contributed by atoms with Crippen LogP contribution in [0.2, 0.25) is 0 Å². The zero-order chi connectivity index (χ0) is 9.26. The lowest BCUT2D eigenvalue weighted by Crippen LogP contribution is -1.98. The predicted octanol–water partition coefficient (Wildman–Crippen LogP) is 2.84. The van der Waals surface area contributed by atoms with Crippen LogP contribution in [0.1, 0.15) is 36.0 Å². The van der Waals surface area contributed by atoms with E-state index in [1.165, 1.54) is 18.4 Å². The molecule has 2 heteroatoms. The molecule has 0 radical (unpaired) electrons. The third kappa shape index (κ3) is 2.04. The maximum absolute atomic E-state index is 9.52. The van der Waals surface area contributed by atoms with Crippen molar-refractivity contribution in [2.45, 2.75) is 24.9 Å². The highest BCUT2D eigenvalue weighted by atomic mass is 35.5. The van der Waals surface area contributed by atoms with Gasteiger partial charge in [0, 0.05) is 0 Å². The maximum Gasteiger partial charge on any atom is 0.0925 e. The summed E-state index contributed by atoms with van der Waals surface area (Å²) >= 11 is 5.58. The number of hydrogen-bond acceptors (Lipinski definition) is 1. The summed E-state index contributed by atoms with van der Waals surface area (Å²) < 4.78 is 0. The van der Waals surface area contributed by atoms with Gasteiger partial charge in [-0.05, 0) is 29.9 Å². The highest BCUT2D eigenvalue weighted by Crippen LogP contribution is 2.40. The van der Waals surface area contributed by atoms with Gasteiger partial charge in [-0.15, -0.1) is 11.6 Å². The molecule has 13 heavy (non-hydrogen) atoms. The minimum Gasteiger partial charge on any atom is -0.387 e. The van der Waals surface area contributed by atoms with Crippen molar-refractivity contribution < 1.29 is 5.11 Å². The van der Waals surface area contributed by atoms with Crippen LogP contribution in [0.5, 0.6) is 0 Å². The summed E-state index contributed by atoms with van der Waals surface area (Å²) in [5, 5.41) is 9.52. The second-order valence-corrected chi connectivity index (χ2v) is 3.92. The van der Waals surface area contributed by atoms with Crippen molar-refractivity contribution in [3.8, 4) is 0 Å². The summed E-state index contributed by atoms with van der Waals surface area (Å²) in [4.78, 5) is 0. The molecule has 0 saturated heterocycles. The first-order valence-electron chi connectivity index (χ1n) is 4.65. The predicted molar refractivity (Wildman–Crippen MR) is 54.1 cm³/mol. The molecule has 0 amide bonds. The van der Waals surface area contributed by atoms with Crippen molar-refractivity contribution in [3.63, 3.8) is 0 Å². The molecule has 70 valence electrons. The summed E-state index contributed by atoms with van der Waals surface area (Å²) in [6, 6.07) is 8.13. The molecule has 0 aromatic heterocycles. The van der Waals surface area contributed by atoms with E-state index in [4.69, 9.17) is 11.6 Å². The largest absolute Gasteiger partial charge is 0.387 e. The Morgan fingerprint density at radius 3 is 2.85 bits per heavy atom. The van der Waals surface area contributed by atoms with Crippen LogP contribution in [0, 0.1) is 0 Å². The van der Waals surface area contributed by atoms with Crippen LogP contribution >= 0.6 is 11.6 Å². The van der Waals surface area contributed by atoms with Crippen LogP contribution in [-0.2, 0) is 0 Å². The Kier molecular flexibility index (Phi) is 2.56. The first-order valence-corrected chi connectivity index (χ1v) is 5.18. The van der Waals surface area contributed by atoms with Crippen LogP contribution < -0.4 is 0 Å². The quantitative estimate of drug-likeness (QED) is 0.738. The Bertz CT molecular complexity index is 294. The smallest absolute Gasteiger partial charge is 0.0925 e. The molecule has 1 atom stereocenters. The highest BCUT2D eigenvalue weighted by molar-refractivity contribution is 6.18. The molecular weight excluding hydrogens is 184 g/mol. The molecule has 1 aliphatic carbocycles. The topological polar surface area (TPSA) is 20.2 Å². The summed E-state index contributed by atoms with van der Waals surface area (Å²) in [6.45, 7) is 0. The molecule has 2 rings (SSSR count). The van der Waals surface area contributed by atoms with Gasteiger partial charge in [0.2, 0.25) is 0 Å². The normalized spacial score (nSPS) is 18.6. The number of aliphatic hydroxyl groups excluding tert-OH is 1. The number of rotatable bonds is 3. The first kappa shape index (κ1) is 9.04. The average molecular weight is 197 g/mol. The molecule has 1 aromatic rings. The SMILES string of the molecule is OC(CCl)c1cccc(C2CC2)c1. The lowest BCUT2D eigenvalue weighted by Gasteiger charge is -2.08. The van der Waals surface area contributed by atoms with E-state index in [1.807, 2.05) is 12.1 Å². The van der Waals surface area contributed by atoms with E-state index < -0.39 is 6.10 Å². The van der Waals surface area contributed by atoms with E-state index in [0.717, 1.165) is 11.5 Å². The first-order chi connectivity index (χ1) is 6.31. The number of halogens is 1. The number of benzene rings is 1. The third-order valence-electron chi connectivity index (χ3n) is 2.49. The summed E-state index contributed by atoms with van der Waals surface area (Å²) in [5.41, 5.74) is 2.29. The lowest BCUT2D eigenvalue weighted by molar-refractivity contribution is 0.202. The second-order valence-electron chi connectivity index (χ2n) is 3.61. The Hall–Kier alpha value is -0.530. The van der Waals surface area contributed by atoms with E-state index in [-0.39, 0.29) is 5.88 Å². The lowest BCUT2D eigenvalue weighted by atomic mass is 10.0. The van der Waals surface area contributed by atoms with Crippen LogP contribution in [0.15, 0.2) is 24.3 Å². The fourth-order valence-electron chi connectivity index (χ4n) is 1.53. The van der Waals surface area contributed by atoms with Crippen molar-refractivity contribution >= 4 is 11.6 Å². The van der Waals surface area contributed by atoms with Crippen LogP contribution in [0.25, 0.3) is 0 Å². The summed E-state index contributed by atoms with van der Waals surface area (Å²) in [5.74, 6) is 1.01. The molecule has 0 heterocycles. The second kappa shape index (κ2) is 3.69. The standard InChI is InChI=1S/C11H13ClO/c12-7-11(13)10-3-1-2-9(6-10)8-4-5-8/h1-3,6,8,11,13H,4-5,7H2.